The molecule has 1 saturated carbocycles. The number of nitrogens with zero attached hydrogens (tertiary/aromatic N) is 1. The zero-order valence-electron chi connectivity index (χ0n) is 11.6. The van der Waals surface area contributed by atoms with Crippen LogP contribution in [-0.2, 0) is 13.1 Å². The molecule has 2 nitrogen and oxygen atoms in total. The molecule has 0 aliphatic heterocycles. The molecular weight excluding hydrogens is 288 g/mol. The molecule has 1 aliphatic carbocycles. The van der Waals surface area contributed by atoms with Crippen molar-refractivity contribution < 1.29 is 0 Å². The highest BCUT2D eigenvalue weighted by molar-refractivity contribution is 7.16. The summed E-state index contributed by atoms with van der Waals surface area (Å²) >= 11 is 7.66. The predicted molar refractivity (Wildman–Crippen MR) is 87.7 cm³/mol. The van der Waals surface area contributed by atoms with Crippen LogP contribution in [0.5, 0.6) is 0 Å². The van der Waals surface area contributed by atoms with Crippen LogP contribution in [0.2, 0.25) is 4.34 Å². The monoisotopic (exact) mass is 306 g/mol. The van der Waals surface area contributed by atoms with Gasteiger partial charge in [-0.25, -0.2) is 0 Å². The normalized spacial score (nSPS) is 14.5. The summed E-state index contributed by atoms with van der Waals surface area (Å²) in [5.74, 6) is 0. The molecule has 1 N–H and O–H groups in total. The van der Waals surface area contributed by atoms with Gasteiger partial charge in [0, 0.05) is 30.2 Å². The summed E-state index contributed by atoms with van der Waals surface area (Å²) < 4.78 is 0.858. The Morgan fingerprint density at radius 1 is 1.25 bits per heavy atom. The first kappa shape index (κ1) is 13.9. The molecule has 2 aromatic rings. The molecule has 0 unspecified atom stereocenters. The summed E-state index contributed by atoms with van der Waals surface area (Å²) in [5, 5.41) is 3.59. The second kappa shape index (κ2) is 6.17. The first-order chi connectivity index (χ1) is 9.72. The topological polar surface area (TPSA) is 15.3 Å². The van der Waals surface area contributed by atoms with Gasteiger partial charge < -0.3 is 10.2 Å². The molecule has 0 saturated heterocycles. The number of hydrogen-bond acceptors (Lipinski definition) is 3. The molecule has 20 heavy (non-hydrogen) atoms. The smallest absolute Gasteiger partial charge is 0.0931 e. The third kappa shape index (κ3) is 3.54. The molecular formula is C16H19ClN2S. The molecule has 0 radical (unpaired) electrons. The highest BCUT2D eigenvalue weighted by Gasteiger charge is 2.20. The van der Waals surface area contributed by atoms with E-state index in [1.54, 1.807) is 11.3 Å². The molecule has 0 spiro atoms. The van der Waals surface area contributed by atoms with Crippen LogP contribution in [0.1, 0.15) is 23.3 Å². The fraction of sp³-hybridized carbons (Fsp3) is 0.375. The first-order valence-corrected chi connectivity index (χ1v) is 8.18. The molecule has 0 bridgehead atoms. The molecule has 1 aromatic heterocycles. The maximum Gasteiger partial charge on any atom is 0.0931 e. The van der Waals surface area contributed by atoms with Crippen LogP contribution in [0.4, 0.5) is 5.69 Å². The van der Waals surface area contributed by atoms with Crippen molar-refractivity contribution in [2.75, 3.05) is 11.9 Å². The standard InChI is InChI=1S/C16H19ClN2S/c1-19(11-14-8-9-16(17)20-14)15-5-3-2-4-12(15)10-18-13-6-7-13/h2-5,8-9,13,18H,6-7,10-11H2,1H3. The van der Waals surface area contributed by atoms with E-state index in [-0.39, 0.29) is 0 Å². The lowest BCUT2D eigenvalue weighted by atomic mass is 10.1. The van der Waals surface area contributed by atoms with Gasteiger partial charge in [0.15, 0.2) is 0 Å². The lowest BCUT2D eigenvalue weighted by Crippen LogP contribution is -2.21. The number of halogens is 1. The summed E-state index contributed by atoms with van der Waals surface area (Å²) in [6.07, 6.45) is 2.65. The van der Waals surface area contributed by atoms with Crippen LogP contribution in [0.25, 0.3) is 0 Å². The van der Waals surface area contributed by atoms with E-state index in [1.807, 2.05) is 6.07 Å². The van der Waals surface area contributed by atoms with Crippen molar-refractivity contribution >= 4 is 28.6 Å². The summed E-state index contributed by atoms with van der Waals surface area (Å²) in [4.78, 5) is 3.59. The molecule has 3 rings (SSSR count). The minimum Gasteiger partial charge on any atom is -0.369 e. The molecule has 1 heterocycles. The Bertz CT molecular complexity index is 577. The Kier molecular flexibility index (Phi) is 4.29. The van der Waals surface area contributed by atoms with Gasteiger partial charge in [0.25, 0.3) is 0 Å². The highest BCUT2D eigenvalue weighted by atomic mass is 35.5. The van der Waals surface area contributed by atoms with Gasteiger partial charge in [0.05, 0.1) is 10.9 Å². The minimum atomic E-state index is 0.740. The first-order valence-electron chi connectivity index (χ1n) is 6.99. The highest BCUT2D eigenvalue weighted by Crippen LogP contribution is 2.27. The summed E-state index contributed by atoms with van der Waals surface area (Å²) in [6, 6.07) is 13.4. The van der Waals surface area contributed by atoms with Crippen LogP contribution in [0, 0.1) is 0 Å². The van der Waals surface area contributed by atoms with Crippen molar-refractivity contribution in [3.05, 3.63) is 51.2 Å². The van der Waals surface area contributed by atoms with E-state index in [0.29, 0.717) is 0 Å². The van der Waals surface area contributed by atoms with Gasteiger partial charge in [-0.15, -0.1) is 11.3 Å². The van der Waals surface area contributed by atoms with Crippen LogP contribution >= 0.6 is 22.9 Å². The van der Waals surface area contributed by atoms with Crippen molar-refractivity contribution in [1.82, 2.24) is 5.32 Å². The quantitative estimate of drug-likeness (QED) is 0.856. The Morgan fingerprint density at radius 2 is 2.05 bits per heavy atom. The van der Waals surface area contributed by atoms with Crippen molar-refractivity contribution in [1.29, 1.82) is 0 Å². The summed E-state index contributed by atoms with van der Waals surface area (Å²) in [5.41, 5.74) is 2.66. The predicted octanol–water partition coefficient (Wildman–Crippen LogP) is 4.29. The van der Waals surface area contributed by atoms with Crippen LogP contribution in [0.3, 0.4) is 0 Å². The Morgan fingerprint density at radius 3 is 2.75 bits per heavy atom. The van der Waals surface area contributed by atoms with Crippen LogP contribution < -0.4 is 10.2 Å². The third-order valence-corrected chi connectivity index (χ3v) is 4.80. The molecule has 0 amide bonds. The average molecular weight is 307 g/mol. The van der Waals surface area contributed by atoms with E-state index in [1.165, 1.54) is 29.0 Å². The SMILES string of the molecule is CN(Cc1ccc(Cl)s1)c1ccccc1CNC1CC1. The molecule has 4 heteroatoms. The average Bonchev–Trinajstić information content (AvgIpc) is 3.19. The Balaban J connectivity index is 1.70. The molecule has 1 aliphatic rings. The van der Waals surface area contributed by atoms with Gasteiger partial charge in [-0.3, -0.25) is 0 Å². The van der Waals surface area contributed by atoms with Crippen molar-refractivity contribution in [2.24, 2.45) is 0 Å². The second-order valence-corrected chi connectivity index (χ2v) is 7.15. The van der Waals surface area contributed by atoms with Crippen LogP contribution in [0.15, 0.2) is 36.4 Å². The lowest BCUT2D eigenvalue weighted by molar-refractivity contribution is 0.685. The number of thiophene rings is 1. The number of hydrogen-bond donors (Lipinski definition) is 1. The fourth-order valence-electron chi connectivity index (χ4n) is 2.33. The number of rotatable bonds is 6. The van der Waals surface area contributed by atoms with Gasteiger partial charge >= 0.3 is 0 Å². The third-order valence-electron chi connectivity index (χ3n) is 3.58. The van der Waals surface area contributed by atoms with Crippen molar-refractivity contribution in [3.8, 4) is 0 Å². The second-order valence-electron chi connectivity index (χ2n) is 5.35. The zero-order valence-corrected chi connectivity index (χ0v) is 13.2. The number of anilines is 1. The minimum absolute atomic E-state index is 0.740. The summed E-state index contributed by atoms with van der Waals surface area (Å²) in [7, 11) is 2.14. The number of benzene rings is 1. The lowest BCUT2D eigenvalue weighted by Gasteiger charge is -2.22. The molecule has 0 atom stereocenters. The van der Waals surface area contributed by atoms with Gasteiger partial charge in [-0.2, -0.15) is 0 Å². The van der Waals surface area contributed by atoms with E-state index in [2.05, 4.69) is 47.6 Å². The van der Waals surface area contributed by atoms with Gasteiger partial charge in [-0.1, -0.05) is 29.8 Å². The maximum atomic E-state index is 6.00. The molecule has 1 aromatic carbocycles. The van der Waals surface area contributed by atoms with Gasteiger partial charge in [0.2, 0.25) is 0 Å². The Labute approximate surface area is 129 Å². The Hall–Kier alpha value is -1.03. The molecule has 1 fully saturated rings. The van der Waals surface area contributed by atoms with Gasteiger partial charge in [-0.05, 0) is 36.6 Å². The van der Waals surface area contributed by atoms with Crippen LogP contribution in [-0.4, -0.2) is 13.1 Å². The number of para-hydroxylation sites is 1. The fourth-order valence-corrected chi connectivity index (χ4v) is 3.47. The van der Waals surface area contributed by atoms with E-state index in [9.17, 15) is 0 Å². The van der Waals surface area contributed by atoms with E-state index < -0.39 is 0 Å². The largest absolute Gasteiger partial charge is 0.369 e. The summed E-state index contributed by atoms with van der Waals surface area (Å²) in [6.45, 7) is 1.86. The van der Waals surface area contributed by atoms with E-state index in [4.69, 9.17) is 11.6 Å². The van der Waals surface area contributed by atoms with Crippen molar-refractivity contribution in [2.45, 2.75) is 32.0 Å². The van der Waals surface area contributed by atoms with Gasteiger partial charge in [0.1, 0.15) is 0 Å². The number of nitrogens with one attached hydrogen (secondary N) is 1. The molecule has 106 valence electrons. The zero-order chi connectivity index (χ0) is 13.9. The van der Waals surface area contributed by atoms with Crippen molar-refractivity contribution in [3.63, 3.8) is 0 Å². The van der Waals surface area contributed by atoms with E-state index >= 15 is 0 Å². The maximum absolute atomic E-state index is 6.00. The van der Waals surface area contributed by atoms with E-state index in [0.717, 1.165) is 23.5 Å².